The second kappa shape index (κ2) is 4.85. The minimum absolute atomic E-state index is 0.710. The molecule has 1 rings (SSSR count). The highest BCUT2D eigenvalue weighted by Gasteiger charge is 1.98. The van der Waals surface area contributed by atoms with Crippen LogP contribution in [0, 0.1) is 12.8 Å². The molecule has 0 bridgehead atoms. The molecule has 1 atom stereocenters. The van der Waals surface area contributed by atoms with Crippen LogP contribution in [-0.2, 0) is 0 Å². The van der Waals surface area contributed by atoms with E-state index < -0.39 is 0 Å². The molecular weight excluding hydrogens is 160 g/mol. The van der Waals surface area contributed by atoms with E-state index in [1.165, 1.54) is 6.42 Å². The summed E-state index contributed by atoms with van der Waals surface area (Å²) in [6.07, 6.45) is 1.21. The lowest BCUT2D eigenvalue weighted by atomic mass is 10.1. The zero-order valence-electron chi connectivity index (χ0n) is 8.67. The van der Waals surface area contributed by atoms with Crippen LogP contribution in [0.3, 0.4) is 0 Å². The molecule has 0 aromatic carbocycles. The van der Waals surface area contributed by atoms with Crippen molar-refractivity contribution >= 4 is 5.82 Å². The highest BCUT2D eigenvalue weighted by Crippen LogP contribution is 2.06. The Bertz CT molecular complexity index is 258. The van der Waals surface area contributed by atoms with Gasteiger partial charge >= 0.3 is 0 Å². The smallest absolute Gasteiger partial charge is 0.126 e. The van der Waals surface area contributed by atoms with Crippen LogP contribution in [0.1, 0.15) is 26.0 Å². The highest BCUT2D eigenvalue weighted by atomic mass is 15.0. The second-order valence-corrected chi connectivity index (χ2v) is 3.56. The van der Waals surface area contributed by atoms with Crippen LogP contribution >= 0.6 is 0 Å². The molecule has 0 amide bonds. The Hall–Kier alpha value is -1.05. The maximum Gasteiger partial charge on any atom is 0.126 e. The number of pyridine rings is 1. The Balaban J connectivity index is 2.45. The van der Waals surface area contributed by atoms with E-state index in [-0.39, 0.29) is 0 Å². The number of aryl methyl sites for hydroxylation is 1. The molecule has 1 heterocycles. The van der Waals surface area contributed by atoms with Gasteiger partial charge in [0.2, 0.25) is 0 Å². The largest absolute Gasteiger partial charge is 0.370 e. The molecule has 2 heteroatoms. The zero-order chi connectivity index (χ0) is 9.68. The maximum atomic E-state index is 4.37. The lowest BCUT2D eigenvalue weighted by Gasteiger charge is -2.10. The quantitative estimate of drug-likeness (QED) is 0.766. The van der Waals surface area contributed by atoms with Gasteiger partial charge in [0.15, 0.2) is 0 Å². The van der Waals surface area contributed by atoms with E-state index in [0.29, 0.717) is 5.92 Å². The first kappa shape index (κ1) is 10.0. The van der Waals surface area contributed by atoms with Gasteiger partial charge in [0.1, 0.15) is 5.82 Å². The van der Waals surface area contributed by atoms with Crippen molar-refractivity contribution < 1.29 is 0 Å². The van der Waals surface area contributed by atoms with Crippen molar-refractivity contribution in [1.82, 2.24) is 4.98 Å². The molecule has 13 heavy (non-hydrogen) atoms. The first-order valence-corrected chi connectivity index (χ1v) is 4.90. The summed E-state index contributed by atoms with van der Waals surface area (Å²) in [4.78, 5) is 4.37. The van der Waals surface area contributed by atoms with Crippen LogP contribution in [0.25, 0.3) is 0 Å². The normalized spacial score (nSPS) is 12.5. The number of anilines is 1. The van der Waals surface area contributed by atoms with Gasteiger partial charge in [-0.15, -0.1) is 0 Å². The number of aromatic nitrogens is 1. The van der Waals surface area contributed by atoms with Crippen LogP contribution in [-0.4, -0.2) is 11.5 Å². The number of hydrogen-bond donors (Lipinski definition) is 1. The standard InChI is InChI=1S/C11H18N2/c1-4-9(2)8-12-11-7-5-6-10(3)13-11/h5-7,9H,4,8H2,1-3H3,(H,12,13). The van der Waals surface area contributed by atoms with Crippen molar-refractivity contribution in [3.05, 3.63) is 23.9 Å². The van der Waals surface area contributed by atoms with Gasteiger partial charge in [0.25, 0.3) is 0 Å². The predicted molar refractivity (Wildman–Crippen MR) is 56.9 cm³/mol. The molecule has 0 saturated heterocycles. The fraction of sp³-hybridized carbons (Fsp3) is 0.545. The third-order valence-electron chi connectivity index (χ3n) is 2.22. The predicted octanol–water partition coefficient (Wildman–Crippen LogP) is 2.85. The average Bonchev–Trinajstić information content (AvgIpc) is 2.14. The molecule has 0 aliphatic heterocycles. The Morgan fingerprint density at radius 1 is 1.46 bits per heavy atom. The van der Waals surface area contributed by atoms with E-state index in [4.69, 9.17) is 0 Å². The lowest BCUT2D eigenvalue weighted by Crippen LogP contribution is -2.11. The summed E-state index contributed by atoms with van der Waals surface area (Å²) in [5.74, 6) is 1.70. The highest BCUT2D eigenvalue weighted by molar-refractivity contribution is 5.34. The van der Waals surface area contributed by atoms with Gasteiger partial charge in [-0.2, -0.15) is 0 Å². The monoisotopic (exact) mass is 178 g/mol. The van der Waals surface area contributed by atoms with Gasteiger partial charge in [-0.1, -0.05) is 26.3 Å². The number of nitrogens with one attached hydrogen (secondary N) is 1. The Morgan fingerprint density at radius 2 is 2.23 bits per heavy atom. The first-order chi connectivity index (χ1) is 6.22. The molecule has 0 radical (unpaired) electrons. The van der Waals surface area contributed by atoms with E-state index in [1.54, 1.807) is 0 Å². The van der Waals surface area contributed by atoms with Crippen molar-refractivity contribution in [2.75, 3.05) is 11.9 Å². The molecule has 0 spiro atoms. The van der Waals surface area contributed by atoms with Crippen molar-refractivity contribution in [2.24, 2.45) is 5.92 Å². The van der Waals surface area contributed by atoms with E-state index in [9.17, 15) is 0 Å². The van der Waals surface area contributed by atoms with Gasteiger partial charge in [0.05, 0.1) is 0 Å². The summed E-state index contributed by atoms with van der Waals surface area (Å²) in [5.41, 5.74) is 1.06. The fourth-order valence-corrected chi connectivity index (χ4v) is 1.06. The third-order valence-corrected chi connectivity index (χ3v) is 2.22. The molecule has 72 valence electrons. The van der Waals surface area contributed by atoms with Crippen LogP contribution in [0.2, 0.25) is 0 Å². The Kier molecular flexibility index (Phi) is 3.74. The van der Waals surface area contributed by atoms with Gasteiger partial charge in [-0.05, 0) is 25.0 Å². The van der Waals surface area contributed by atoms with E-state index in [2.05, 4.69) is 24.1 Å². The molecule has 0 aliphatic rings. The number of hydrogen-bond acceptors (Lipinski definition) is 2. The molecule has 1 N–H and O–H groups in total. The number of nitrogens with zero attached hydrogens (tertiary/aromatic N) is 1. The maximum absolute atomic E-state index is 4.37. The van der Waals surface area contributed by atoms with E-state index in [1.807, 2.05) is 25.1 Å². The summed E-state index contributed by atoms with van der Waals surface area (Å²) < 4.78 is 0. The van der Waals surface area contributed by atoms with Gasteiger partial charge < -0.3 is 5.32 Å². The molecule has 1 unspecified atom stereocenters. The van der Waals surface area contributed by atoms with Crippen LogP contribution in [0.15, 0.2) is 18.2 Å². The van der Waals surface area contributed by atoms with Gasteiger partial charge in [0, 0.05) is 12.2 Å². The van der Waals surface area contributed by atoms with Crippen LogP contribution < -0.4 is 5.32 Å². The van der Waals surface area contributed by atoms with Crippen molar-refractivity contribution in [2.45, 2.75) is 27.2 Å². The third kappa shape index (κ3) is 3.45. The lowest BCUT2D eigenvalue weighted by molar-refractivity contribution is 0.592. The van der Waals surface area contributed by atoms with E-state index in [0.717, 1.165) is 18.1 Å². The van der Waals surface area contributed by atoms with Crippen LogP contribution in [0.5, 0.6) is 0 Å². The molecule has 1 aromatic heterocycles. The number of rotatable bonds is 4. The topological polar surface area (TPSA) is 24.9 Å². The summed E-state index contributed by atoms with van der Waals surface area (Å²) in [6.45, 7) is 7.46. The molecule has 0 aliphatic carbocycles. The molecular formula is C11H18N2. The van der Waals surface area contributed by atoms with Crippen molar-refractivity contribution in [1.29, 1.82) is 0 Å². The Morgan fingerprint density at radius 3 is 2.85 bits per heavy atom. The SMILES string of the molecule is CCC(C)CNc1cccc(C)n1. The summed E-state index contributed by atoms with van der Waals surface area (Å²) in [5, 5.41) is 3.33. The summed E-state index contributed by atoms with van der Waals surface area (Å²) in [6, 6.07) is 6.05. The Labute approximate surface area is 80.4 Å². The van der Waals surface area contributed by atoms with Crippen molar-refractivity contribution in [3.63, 3.8) is 0 Å². The second-order valence-electron chi connectivity index (χ2n) is 3.56. The van der Waals surface area contributed by atoms with Crippen LogP contribution in [0.4, 0.5) is 5.82 Å². The minimum atomic E-state index is 0.710. The van der Waals surface area contributed by atoms with Gasteiger partial charge in [-0.3, -0.25) is 0 Å². The minimum Gasteiger partial charge on any atom is -0.370 e. The summed E-state index contributed by atoms with van der Waals surface area (Å²) in [7, 11) is 0. The fourth-order valence-electron chi connectivity index (χ4n) is 1.06. The molecule has 0 fully saturated rings. The first-order valence-electron chi connectivity index (χ1n) is 4.90. The van der Waals surface area contributed by atoms with Gasteiger partial charge in [-0.25, -0.2) is 4.98 Å². The molecule has 0 saturated carbocycles. The van der Waals surface area contributed by atoms with E-state index >= 15 is 0 Å². The van der Waals surface area contributed by atoms with Crippen molar-refractivity contribution in [3.8, 4) is 0 Å². The summed E-state index contributed by atoms with van der Waals surface area (Å²) >= 11 is 0. The molecule has 1 aromatic rings. The average molecular weight is 178 g/mol. The zero-order valence-corrected chi connectivity index (χ0v) is 8.67. The molecule has 2 nitrogen and oxygen atoms in total.